The average molecular weight is 518 g/mol. The van der Waals surface area contributed by atoms with Crippen molar-refractivity contribution in [1.82, 2.24) is 10.2 Å². The number of ether oxygens (including phenoxy) is 1. The van der Waals surface area contributed by atoms with E-state index < -0.39 is 0 Å². The van der Waals surface area contributed by atoms with Gasteiger partial charge in [0.2, 0.25) is 0 Å². The molecule has 32 heavy (non-hydrogen) atoms. The number of nitrogens with one attached hydrogen (secondary N) is 2. The van der Waals surface area contributed by atoms with Gasteiger partial charge in [0.15, 0.2) is 5.11 Å². The Balaban J connectivity index is 1.56. The van der Waals surface area contributed by atoms with E-state index in [4.69, 9.17) is 17.0 Å². The van der Waals surface area contributed by atoms with Crippen LogP contribution in [0.2, 0.25) is 0 Å². The number of hydrogen-bond donors (Lipinski definition) is 2. The van der Waals surface area contributed by atoms with E-state index in [0.717, 1.165) is 25.9 Å². The number of amides is 2. The molecule has 1 aliphatic heterocycles. The first kappa shape index (κ1) is 24.2. The molecule has 0 aliphatic carbocycles. The molecule has 0 atom stereocenters. The Morgan fingerprint density at radius 3 is 2.22 bits per heavy atom. The van der Waals surface area contributed by atoms with Gasteiger partial charge in [0.25, 0.3) is 11.8 Å². The maximum absolute atomic E-state index is 12.7. The predicted molar refractivity (Wildman–Crippen MR) is 134 cm³/mol. The van der Waals surface area contributed by atoms with E-state index in [1.165, 1.54) is 12.8 Å². The lowest BCUT2D eigenvalue weighted by Crippen LogP contribution is -2.34. The van der Waals surface area contributed by atoms with Crippen molar-refractivity contribution >= 4 is 50.8 Å². The van der Waals surface area contributed by atoms with Crippen molar-refractivity contribution in [3.05, 3.63) is 58.1 Å². The highest BCUT2D eigenvalue weighted by Gasteiger charge is 2.17. The maximum atomic E-state index is 12.7. The third-order valence-corrected chi connectivity index (χ3v) is 5.89. The minimum absolute atomic E-state index is 0.0359. The summed E-state index contributed by atoms with van der Waals surface area (Å²) in [7, 11) is 0. The highest BCUT2D eigenvalue weighted by atomic mass is 79.9. The number of anilines is 1. The molecule has 3 rings (SSSR count). The number of halogens is 1. The van der Waals surface area contributed by atoms with Gasteiger partial charge in [-0.1, -0.05) is 12.8 Å². The van der Waals surface area contributed by atoms with Crippen molar-refractivity contribution in [3.63, 3.8) is 0 Å². The van der Waals surface area contributed by atoms with Gasteiger partial charge in [-0.05, 0) is 97.3 Å². The first-order valence-corrected chi connectivity index (χ1v) is 12.0. The summed E-state index contributed by atoms with van der Waals surface area (Å²) in [6.07, 6.45) is 4.52. The lowest BCUT2D eigenvalue weighted by Gasteiger charge is -2.20. The van der Waals surface area contributed by atoms with Crippen molar-refractivity contribution in [1.29, 1.82) is 0 Å². The normalized spacial score (nSPS) is 13.9. The summed E-state index contributed by atoms with van der Waals surface area (Å²) in [6, 6.07) is 12.3. The van der Waals surface area contributed by atoms with Crippen LogP contribution in [0.25, 0.3) is 0 Å². The topological polar surface area (TPSA) is 70.7 Å². The second-order valence-electron chi connectivity index (χ2n) is 8.00. The molecule has 1 heterocycles. The number of rotatable bonds is 5. The zero-order chi connectivity index (χ0) is 23.1. The van der Waals surface area contributed by atoms with E-state index in [0.29, 0.717) is 27.0 Å². The molecule has 0 bridgehead atoms. The number of nitrogens with zero attached hydrogens (tertiary/aromatic N) is 1. The molecule has 0 unspecified atom stereocenters. The number of likely N-dealkylation sites (tertiary alicyclic amines) is 1. The molecule has 1 aliphatic rings. The zero-order valence-electron chi connectivity index (χ0n) is 18.3. The first-order valence-electron chi connectivity index (χ1n) is 10.8. The number of benzene rings is 2. The van der Waals surface area contributed by atoms with Crippen molar-refractivity contribution in [2.24, 2.45) is 0 Å². The number of carbonyl (C=O) groups is 2. The summed E-state index contributed by atoms with van der Waals surface area (Å²) in [5.74, 6) is 0.407. The monoisotopic (exact) mass is 517 g/mol. The van der Waals surface area contributed by atoms with Crippen molar-refractivity contribution in [2.75, 3.05) is 18.4 Å². The van der Waals surface area contributed by atoms with Gasteiger partial charge in [-0.2, -0.15) is 0 Å². The molecule has 0 spiro atoms. The highest BCUT2D eigenvalue weighted by molar-refractivity contribution is 9.10. The van der Waals surface area contributed by atoms with E-state index >= 15 is 0 Å². The second-order valence-corrected chi connectivity index (χ2v) is 9.27. The molecule has 0 saturated carbocycles. The van der Waals surface area contributed by atoms with Gasteiger partial charge in [-0.25, -0.2) is 0 Å². The fraction of sp³-hybridized carbons (Fsp3) is 0.375. The summed E-state index contributed by atoms with van der Waals surface area (Å²) in [4.78, 5) is 27.2. The summed E-state index contributed by atoms with van der Waals surface area (Å²) < 4.78 is 6.36. The molecule has 2 N–H and O–H groups in total. The van der Waals surface area contributed by atoms with Crippen LogP contribution < -0.4 is 15.4 Å². The summed E-state index contributed by atoms with van der Waals surface area (Å²) >= 11 is 8.71. The smallest absolute Gasteiger partial charge is 0.257 e. The van der Waals surface area contributed by atoms with Gasteiger partial charge < -0.3 is 15.0 Å². The van der Waals surface area contributed by atoms with Gasteiger partial charge in [0.05, 0.1) is 10.6 Å². The lowest BCUT2D eigenvalue weighted by atomic mass is 10.1. The third-order valence-electron chi connectivity index (χ3n) is 5.07. The van der Waals surface area contributed by atoms with E-state index in [9.17, 15) is 9.59 Å². The summed E-state index contributed by atoms with van der Waals surface area (Å²) in [5, 5.41) is 5.84. The average Bonchev–Trinajstić information content (AvgIpc) is 3.04. The molecule has 2 aromatic rings. The molecule has 1 saturated heterocycles. The standard InChI is InChI=1S/C24H28BrN3O3S/c1-16(2)31-21-12-9-18(15-20(21)25)22(29)27-24(32)26-19-10-7-17(8-11-19)23(30)28-13-5-3-4-6-14-28/h7-12,15-16H,3-6,13-14H2,1-2H3,(H2,26,27,29,32). The Bertz CT molecular complexity index is 971. The highest BCUT2D eigenvalue weighted by Crippen LogP contribution is 2.27. The van der Waals surface area contributed by atoms with Gasteiger partial charge >= 0.3 is 0 Å². The fourth-order valence-electron chi connectivity index (χ4n) is 3.48. The Morgan fingerprint density at radius 2 is 1.62 bits per heavy atom. The van der Waals surface area contributed by atoms with Gasteiger partial charge in [-0.3, -0.25) is 14.9 Å². The fourth-order valence-corrected chi connectivity index (χ4v) is 4.16. The largest absolute Gasteiger partial charge is 0.490 e. The predicted octanol–water partition coefficient (Wildman–Crippen LogP) is 5.38. The molecular weight excluding hydrogens is 490 g/mol. The van der Waals surface area contributed by atoms with Crippen LogP contribution in [-0.2, 0) is 0 Å². The van der Waals surface area contributed by atoms with E-state index in [1.807, 2.05) is 18.7 Å². The molecule has 1 fully saturated rings. The first-order chi connectivity index (χ1) is 15.3. The maximum Gasteiger partial charge on any atom is 0.257 e. The Hall–Kier alpha value is -2.45. The molecule has 2 aromatic carbocycles. The minimum Gasteiger partial charge on any atom is -0.490 e. The van der Waals surface area contributed by atoms with E-state index in [-0.39, 0.29) is 23.0 Å². The molecule has 2 amide bonds. The quantitative estimate of drug-likeness (QED) is 0.521. The SMILES string of the molecule is CC(C)Oc1ccc(C(=O)NC(=S)Nc2ccc(C(=O)N3CCCCCC3)cc2)cc1Br. The Labute approximate surface area is 202 Å². The summed E-state index contributed by atoms with van der Waals surface area (Å²) in [6.45, 7) is 5.51. The number of thiocarbonyl (C=S) groups is 1. The molecule has 8 heteroatoms. The van der Waals surface area contributed by atoms with Crippen molar-refractivity contribution in [3.8, 4) is 5.75 Å². The van der Waals surface area contributed by atoms with E-state index in [1.54, 1.807) is 42.5 Å². The van der Waals surface area contributed by atoms with Crippen LogP contribution >= 0.6 is 28.1 Å². The van der Waals surface area contributed by atoms with Gasteiger partial charge in [-0.15, -0.1) is 0 Å². The van der Waals surface area contributed by atoms with Crippen molar-refractivity contribution in [2.45, 2.75) is 45.6 Å². The lowest BCUT2D eigenvalue weighted by molar-refractivity contribution is 0.0761. The zero-order valence-corrected chi connectivity index (χ0v) is 20.7. The van der Waals surface area contributed by atoms with Crippen LogP contribution in [0.1, 0.15) is 60.2 Å². The molecule has 0 radical (unpaired) electrons. The van der Waals surface area contributed by atoms with Crippen LogP contribution in [0.3, 0.4) is 0 Å². The van der Waals surface area contributed by atoms with Crippen LogP contribution in [0.5, 0.6) is 5.75 Å². The molecule has 0 aromatic heterocycles. The molecule has 6 nitrogen and oxygen atoms in total. The van der Waals surface area contributed by atoms with Gasteiger partial charge in [0.1, 0.15) is 5.75 Å². The molecule has 170 valence electrons. The Morgan fingerprint density at radius 1 is 1.00 bits per heavy atom. The van der Waals surface area contributed by atoms with Gasteiger partial charge in [0, 0.05) is 29.9 Å². The number of hydrogen-bond acceptors (Lipinski definition) is 4. The van der Waals surface area contributed by atoms with Crippen LogP contribution in [0.4, 0.5) is 5.69 Å². The Kier molecular flexibility index (Phi) is 8.64. The van der Waals surface area contributed by atoms with Crippen LogP contribution in [0.15, 0.2) is 46.9 Å². The molecular formula is C24H28BrN3O3S. The van der Waals surface area contributed by atoms with Crippen LogP contribution in [-0.4, -0.2) is 41.0 Å². The van der Waals surface area contributed by atoms with Crippen molar-refractivity contribution < 1.29 is 14.3 Å². The minimum atomic E-state index is -0.327. The number of carbonyl (C=O) groups excluding carboxylic acids is 2. The second kappa shape index (κ2) is 11.4. The third kappa shape index (κ3) is 6.77. The van der Waals surface area contributed by atoms with Crippen LogP contribution in [0, 0.1) is 0 Å². The summed E-state index contributed by atoms with van der Waals surface area (Å²) in [5.41, 5.74) is 1.81. The van der Waals surface area contributed by atoms with E-state index in [2.05, 4.69) is 26.6 Å².